The minimum atomic E-state index is -4.50. The third kappa shape index (κ3) is 4.48. The fourth-order valence-electron chi connectivity index (χ4n) is 3.36. The number of aryl methyl sites for hydroxylation is 2. The van der Waals surface area contributed by atoms with Gasteiger partial charge < -0.3 is 9.64 Å². The molecule has 32 heavy (non-hydrogen) atoms. The van der Waals surface area contributed by atoms with E-state index < -0.39 is 11.7 Å². The van der Waals surface area contributed by atoms with Gasteiger partial charge in [0.2, 0.25) is 5.88 Å². The fraction of sp³-hybridized carbons (Fsp3) is 0.167. The van der Waals surface area contributed by atoms with Gasteiger partial charge in [-0.3, -0.25) is 0 Å². The number of benzene rings is 2. The second kappa shape index (κ2) is 8.67. The summed E-state index contributed by atoms with van der Waals surface area (Å²) in [6, 6.07) is 10.7. The lowest BCUT2D eigenvalue weighted by Crippen LogP contribution is -2.30. The van der Waals surface area contributed by atoms with Gasteiger partial charge in [-0.25, -0.2) is 9.97 Å². The third-order valence-corrected chi connectivity index (χ3v) is 5.34. The zero-order valence-corrected chi connectivity index (χ0v) is 18.1. The second-order valence-corrected chi connectivity index (χ2v) is 7.77. The average molecular weight is 458 g/mol. The van der Waals surface area contributed by atoms with Crippen LogP contribution in [0.2, 0.25) is 5.02 Å². The van der Waals surface area contributed by atoms with Gasteiger partial charge in [-0.2, -0.15) is 13.2 Å². The van der Waals surface area contributed by atoms with Gasteiger partial charge in [-0.05, 0) is 61.4 Å². The Morgan fingerprint density at radius 1 is 1.06 bits per heavy atom. The molecular weight excluding hydrogens is 439 g/mol. The van der Waals surface area contributed by atoms with Crippen LogP contribution >= 0.6 is 11.6 Å². The summed E-state index contributed by atoms with van der Waals surface area (Å²) in [6.07, 6.45) is 2.15. The van der Waals surface area contributed by atoms with Crippen LogP contribution in [-0.2, 0) is 6.18 Å². The number of halogens is 4. The molecule has 0 amide bonds. The molecule has 2 heterocycles. The second-order valence-electron chi connectivity index (χ2n) is 7.36. The summed E-state index contributed by atoms with van der Waals surface area (Å²) in [5.41, 5.74) is 2.45. The van der Waals surface area contributed by atoms with E-state index in [4.69, 9.17) is 16.3 Å². The highest BCUT2D eigenvalue weighted by atomic mass is 35.5. The van der Waals surface area contributed by atoms with E-state index in [0.717, 1.165) is 23.3 Å². The molecule has 1 aliphatic heterocycles. The quantitative estimate of drug-likeness (QED) is 0.443. The van der Waals surface area contributed by atoms with Crippen molar-refractivity contribution in [3.63, 3.8) is 0 Å². The first kappa shape index (κ1) is 21.9. The van der Waals surface area contributed by atoms with E-state index in [2.05, 4.69) is 9.97 Å². The zero-order chi connectivity index (χ0) is 22.9. The molecule has 0 unspecified atom stereocenters. The molecule has 0 atom stereocenters. The van der Waals surface area contributed by atoms with Crippen LogP contribution in [0.3, 0.4) is 0 Å². The van der Waals surface area contributed by atoms with Gasteiger partial charge >= 0.3 is 6.18 Å². The third-order valence-electron chi connectivity index (χ3n) is 5.02. The number of allylic oxidation sites excluding steroid dienone is 2. The van der Waals surface area contributed by atoms with Crippen LogP contribution in [0.4, 0.5) is 18.9 Å². The average Bonchev–Trinajstić information content (AvgIpc) is 2.77. The number of alkyl halides is 3. The van der Waals surface area contributed by atoms with Crippen molar-refractivity contribution in [2.45, 2.75) is 20.0 Å². The molecule has 0 spiro atoms. The van der Waals surface area contributed by atoms with E-state index in [0.29, 0.717) is 22.9 Å². The van der Waals surface area contributed by atoms with E-state index in [1.807, 2.05) is 44.2 Å². The number of aromatic nitrogens is 2. The minimum Gasteiger partial charge on any atom is -0.440 e. The molecule has 1 aliphatic rings. The van der Waals surface area contributed by atoms with Crippen LogP contribution < -0.4 is 9.64 Å². The van der Waals surface area contributed by atoms with E-state index >= 15 is 0 Å². The lowest BCUT2D eigenvalue weighted by Gasteiger charge is -2.31. The first-order valence-corrected chi connectivity index (χ1v) is 10.2. The molecule has 0 saturated carbocycles. The molecule has 0 aliphatic carbocycles. The summed E-state index contributed by atoms with van der Waals surface area (Å²) in [5, 5.41) is 0.178. The first-order valence-electron chi connectivity index (χ1n) is 9.80. The summed E-state index contributed by atoms with van der Waals surface area (Å²) in [7, 11) is 0. The molecule has 4 rings (SSSR count). The van der Waals surface area contributed by atoms with Gasteiger partial charge in [0.1, 0.15) is 12.1 Å². The number of hydrogen-bond acceptors (Lipinski definition) is 4. The molecular formula is C24H19ClF3N3O. The maximum absolute atomic E-state index is 13.4. The Bertz CT molecular complexity index is 1210. The number of nitrogens with zero attached hydrogens (tertiary/aromatic N) is 3. The summed E-state index contributed by atoms with van der Waals surface area (Å²) in [6.45, 7) is 4.12. The number of ether oxygens (including phenoxy) is 1. The predicted octanol–water partition coefficient (Wildman–Crippen LogP) is 6.59. The lowest BCUT2D eigenvalue weighted by atomic mass is 10.1. The smallest absolute Gasteiger partial charge is 0.416 e. The van der Waals surface area contributed by atoms with Crippen LogP contribution in [0.1, 0.15) is 22.4 Å². The molecule has 0 saturated heterocycles. The van der Waals surface area contributed by atoms with E-state index in [1.165, 1.54) is 12.4 Å². The lowest BCUT2D eigenvalue weighted by molar-refractivity contribution is -0.137. The number of rotatable bonds is 4. The summed E-state index contributed by atoms with van der Waals surface area (Å²) in [4.78, 5) is 9.87. The highest BCUT2D eigenvalue weighted by Crippen LogP contribution is 2.39. The standard InChI is InChI=1S/C24H19ClF3N3O/c1-15-5-6-16(2)22(12-15)32-23-18(20-9-10-29-14-30-20)4-3-11-31(23)21-13-17(24(26,27)28)7-8-19(21)25/h3-10,12-14H,11H2,1-2H3. The highest BCUT2D eigenvalue weighted by molar-refractivity contribution is 6.33. The van der Waals surface area contributed by atoms with E-state index in [9.17, 15) is 13.2 Å². The minimum absolute atomic E-state index is 0.178. The topological polar surface area (TPSA) is 38.3 Å². The monoisotopic (exact) mass is 457 g/mol. The van der Waals surface area contributed by atoms with Crippen LogP contribution in [0.5, 0.6) is 5.75 Å². The van der Waals surface area contributed by atoms with Gasteiger partial charge in [0, 0.05) is 12.7 Å². The Labute approximate surface area is 188 Å². The number of hydrogen-bond donors (Lipinski definition) is 0. The maximum Gasteiger partial charge on any atom is 0.416 e. The zero-order valence-electron chi connectivity index (χ0n) is 17.3. The molecule has 4 nitrogen and oxygen atoms in total. The van der Waals surface area contributed by atoms with Crippen molar-refractivity contribution >= 4 is 22.9 Å². The molecule has 0 fully saturated rings. The van der Waals surface area contributed by atoms with Crippen LogP contribution in [0.25, 0.3) is 5.57 Å². The van der Waals surface area contributed by atoms with Crippen molar-refractivity contribution in [1.82, 2.24) is 9.97 Å². The molecule has 3 aromatic rings. The van der Waals surface area contributed by atoms with Crippen molar-refractivity contribution in [3.05, 3.63) is 100 Å². The molecule has 2 aromatic carbocycles. The van der Waals surface area contributed by atoms with Gasteiger partial charge in [-0.15, -0.1) is 0 Å². The van der Waals surface area contributed by atoms with Crippen LogP contribution in [-0.4, -0.2) is 16.5 Å². The van der Waals surface area contributed by atoms with Gasteiger partial charge in [0.25, 0.3) is 0 Å². The normalized spacial score (nSPS) is 14.1. The van der Waals surface area contributed by atoms with Gasteiger partial charge in [-0.1, -0.05) is 29.8 Å². The Kier molecular flexibility index (Phi) is 5.93. The van der Waals surface area contributed by atoms with Crippen molar-refractivity contribution in [2.75, 3.05) is 11.4 Å². The fourth-order valence-corrected chi connectivity index (χ4v) is 3.58. The molecule has 0 N–H and O–H groups in total. The Hall–Kier alpha value is -3.32. The van der Waals surface area contributed by atoms with Crippen molar-refractivity contribution in [3.8, 4) is 5.75 Å². The Balaban J connectivity index is 1.90. The first-order chi connectivity index (χ1) is 15.2. The summed E-state index contributed by atoms with van der Waals surface area (Å²) in [5.74, 6) is 0.927. The van der Waals surface area contributed by atoms with Crippen molar-refractivity contribution in [1.29, 1.82) is 0 Å². The summed E-state index contributed by atoms with van der Waals surface area (Å²) >= 11 is 6.36. The molecule has 0 bridgehead atoms. The van der Waals surface area contributed by atoms with Gasteiger partial charge in [0.05, 0.1) is 27.5 Å². The SMILES string of the molecule is Cc1ccc(C)c(OC2=C(c3ccncn3)C=CCN2c2cc(C(F)(F)F)ccc2Cl)c1. The largest absolute Gasteiger partial charge is 0.440 e. The van der Waals surface area contributed by atoms with E-state index in [1.54, 1.807) is 17.2 Å². The van der Waals surface area contributed by atoms with Gasteiger partial charge in [0.15, 0.2) is 0 Å². The molecule has 164 valence electrons. The molecule has 8 heteroatoms. The predicted molar refractivity (Wildman–Crippen MR) is 118 cm³/mol. The van der Waals surface area contributed by atoms with Crippen molar-refractivity contribution < 1.29 is 17.9 Å². The number of anilines is 1. The summed E-state index contributed by atoms with van der Waals surface area (Å²) < 4.78 is 46.6. The van der Waals surface area contributed by atoms with E-state index in [-0.39, 0.29) is 17.3 Å². The van der Waals surface area contributed by atoms with Crippen molar-refractivity contribution in [2.24, 2.45) is 0 Å². The Morgan fingerprint density at radius 3 is 2.59 bits per heavy atom. The molecule has 1 aromatic heterocycles. The Morgan fingerprint density at radius 2 is 1.88 bits per heavy atom. The molecule has 0 radical (unpaired) electrons. The maximum atomic E-state index is 13.4. The van der Waals surface area contributed by atoms with Crippen LogP contribution in [0.15, 0.2) is 73.0 Å². The van der Waals surface area contributed by atoms with Crippen LogP contribution in [0, 0.1) is 13.8 Å². The highest BCUT2D eigenvalue weighted by Gasteiger charge is 2.33.